The Labute approximate surface area is 127 Å². The Hall–Kier alpha value is -2.26. The molecule has 1 amide bonds. The van der Waals surface area contributed by atoms with Crippen LogP contribution in [0.25, 0.3) is 10.8 Å². The summed E-state index contributed by atoms with van der Waals surface area (Å²) in [5, 5.41) is 5.46. The van der Waals surface area contributed by atoms with Gasteiger partial charge in [-0.05, 0) is 34.5 Å². The zero-order valence-electron chi connectivity index (χ0n) is 11.2. The van der Waals surface area contributed by atoms with Gasteiger partial charge in [-0.3, -0.25) is 4.79 Å². The molecule has 3 aromatic rings. The molecule has 1 atom stereocenters. The number of carbonyl (C=O) groups excluding carboxylic acids is 1. The average molecular weight is 291 g/mol. The largest absolute Gasteiger partial charge is 0.336 e. The molecule has 4 rings (SSSR count). The van der Waals surface area contributed by atoms with Gasteiger partial charge in [0.15, 0.2) is 0 Å². The highest BCUT2D eigenvalue weighted by Gasteiger charge is 2.25. The van der Waals surface area contributed by atoms with Crippen LogP contribution in [0, 0.1) is 0 Å². The third kappa shape index (κ3) is 2.20. The van der Waals surface area contributed by atoms with Gasteiger partial charge in [0, 0.05) is 4.90 Å². The van der Waals surface area contributed by atoms with E-state index in [4.69, 9.17) is 0 Å². The van der Waals surface area contributed by atoms with E-state index in [1.165, 1.54) is 10.8 Å². The first kappa shape index (κ1) is 12.5. The number of hydrogen-bond acceptors (Lipinski definition) is 2. The fourth-order valence-corrected chi connectivity index (χ4v) is 3.78. The summed E-state index contributed by atoms with van der Waals surface area (Å²) in [4.78, 5) is 13.2. The molecule has 3 heteroatoms. The average Bonchev–Trinajstić information content (AvgIpc) is 2.54. The monoisotopic (exact) mass is 291 g/mol. The summed E-state index contributed by atoms with van der Waals surface area (Å²) >= 11 is 1.69. The molecule has 3 aromatic carbocycles. The lowest BCUT2D eigenvalue weighted by Crippen LogP contribution is -2.30. The predicted molar refractivity (Wildman–Crippen MR) is 86.5 cm³/mol. The molecule has 1 N–H and O–H groups in total. The minimum absolute atomic E-state index is 0.00232. The lowest BCUT2D eigenvalue weighted by atomic mass is 10.1. The van der Waals surface area contributed by atoms with Crippen molar-refractivity contribution < 1.29 is 4.79 Å². The van der Waals surface area contributed by atoms with Crippen LogP contribution in [0.5, 0.6) is 0 Å². The standard InChI is InChI=1S/C18H13NOS/c20-17-15-7-3-4-8-16(15)21-18(19-17)14-10-9-12-5-1-2-6-13(12)11-14/h1-11,18H,(H,19,20). The summed E-state index contributed by atoms with van der Waals surface area (Å²) in [6.07, 6.45) is 0. The summed E-state index contributed by atoms with van der Waals surface area (Å²) in [6.45, 7) is 0. The van der Waals surface area contributed by atoms with E-state index < -0.39 is 0 Å². The fourth-order valence-electron chi connectivity index (χ4n) is 2.63. The minimum Gasteiger partial charge on any atom is -0.336 e. The first-order chi connectivity index (χ1) is 10.3. The topological polar surface area (TPSA) is 29.1 Å². The van der Waals surface area contributed by atoms with Crippen molar-refractivity contribution in [2.24, 2.45) is 0 Å². The van der Waals surface area contributed by atoms with E-state index in [2.05, 4.69) is 35.6 Å². The van der Waals surface area contributed by atoms with Crippen molar-refractivity contribution in [1.82, 2.24) is 5.32 Å². The minimum atomic E-state index is -0.0305. The summed E-state index contributed by atoms with van der Waals surface area (Å²) in [7, 11) is 0. The van der Waals surface area contributed by atoms with Gasteiger partial charge in [0.2, 0.25) is 0 Å². The van der Waals surface area contributed by atoms with Gasteiger partial charge in [-0.2, -0.15) is 0 Å². The molecule has 0 aliphatic carbocycles. The molecule has 0 spiro atoms. The van der Waals surface area contributed by atoms with Crippen molar-refractivity contribution in [3.8, 4) is 0 Å². The Kier molecular flexibility index (Phi) is 2.93. The first-order valence-electron chi connectivity index (χ1n) is 6.86. The molecule has 1 unspecified atom stereocenters. The second-order valence-electron chi connectivity index (χ2n) is 5.07. The molecule has 1 aliphatic heterocycles. The van der Waals surface area contributed by atoms with Crippen LogP contribution in [-0.2, 0) is 0 Å². The first-order valence-corrected chi connectivity index (χ1v) is 7.74. The van der Waals surface area contributed by atoms with Crippen LogP contribution in [0.3, 0.4) is 0 Å². The highest BCUT2D eigenvalue weighted by molar-refractivity contribution is 7.99. The number of nitrogens with one attached hydrogen (secondary N) is 1. The molecular weight excluding hydrogens is 278 g/mol. The second-order valence-corrected chi connectivity index (χ2v) is 6.22. The molecule has 2 nitrogen and oxygen atoms in total. The van der Waals surface area contributed by atoms with E-state index in [1.54, 1.807) is 11.8 Å². The molecule has 0 saturated heterocycles. The Morgan fingerprint density at radius 3 is 2.52 bits per heavy atom. The van der Waals surface area contributed by atoms with Crippen molar-refractivity contribution in [1.29, 1.82) is 0 Å². The van der Waals surface area contributed by atoms with E-state index in [-0.39, 0.29) is 11.3 Å². The van der Waals surface area contributed by atoms with E-state index in [9.17, 15) is 4.79 Å². The lowest BCUT2D eigenvalue weighted by molar-refractivity contribution is 0.0943. The third-order valence-corrected chi connectivity index (χ3v) is 4.95. The van der Waals surface area contributed by atoms with Crippen LogP contribution in [-0.4, -0.2) is 5.91 Å². The summed E-state index contributed by atoms with van der Waals surface area (Å²) in [5.74, 6) is 0.00232. The van der Waals surface area contributed by atoms with Crippen molar-refractivity contribution in [3.05, 3.63) is 77.9 Å². The molecule has 21 heavy (non-hydrogen) atoms. The van der Waals surface area contributed by atoms with Crippen molar-refractivity contribution >= 4 is 28.4 Å². The molecule has 102 valence electrons. The molecule has 0 saturated carbocycles. The summed E-state index contributed by atoms with van der Waals surface area (Å²) in [5.41, 5.74) is 1.89. The van der Waals surface area contributed by atoms with Crippen LogP contribution in [0.15, 0.2) is 71.6 Å². The van der Waals surface area contributed by atoms with Gasteiger partial charge in [0.05, 0.1) is 5.56 Å². The summed E-state index contributed by atoms with van der Waals surface area (Å²) < 4.78 is 0. The predicted octanol–water partition coefficient (Wildman–Crippen LogP) is 4.37. The number of benzene rings is 3. The third-order valence-electron chi connectivity index (χ3n) is 3.71. The maximum Gasteiger partial charge on any atom is 0.253 e. The maximum absolute atomic E-state index is 12.2. The highest BCUT2D eigenvalue weighted by Crippen LogP contribution is 2.39. The van der Waals surface area contributed by atoms with Gasteiger partial charge >= 0.3 is 0 Å². The Bertz CT molecular complexity index is 843. The molecular formula is C18H13NOS. The fraction of sp³-hybridized carbons (Fsp3) is 0.0556. The molecule has 1 aliphatic rings. The molecule has 0 aromatic heterocycles. The van der Waals surface area contributed by atoms with Gasteiger partial charge in [-0.25, -0.2) is 0 Å². The number of rotatable bonds is 1. The normalized spacial score (nSPS) is 17.3. The van der Waals surface area contributed by atoms with Gasteiger partial charge in [0.25, 0.3) is 5.91 Å². The number of fused-ring (bicyclic) bond motifs is 2. The number of thioether (sulfide) groups is 1. The zero-order chi connectivity index (χ0) is 14.2. The Morgan fingerprint density at radius 1 is 0.857 bits per heavy atom. The maximum atomic E-state index is 12.2. The van der Waals surface area contributed by atoms with Crippen LogP contribution in [0.4, 0.5) is 0 Å². The quantitative estimate of drug-likeness (QED) is 0.721. The van der Waals surface area contributed by atoms with Crippen LogP contribution in [0.2, 0.25) is 0 Å². The van der Waals surface area contributed by atoms with E-state index in [0.29, 0.717) is 0 Å². The Morgan fingerprint density at radius 2 is 1.62 bits per heavy atom. The molecule has 0 radical (unpaired) electrons. The van der Waals surface area contributed by atoms with Crippen LogP contribution < -0.4 is 5.32 Å². The summed E-state index contributed by atoms with van der Waals surface area (Å²) in [6, 6.07) is 22.4. The smallest absolute Gasteiger partial charge is 0.253 e. The molecule has 0 fully saturated rings. The van der Waals surface area contributed by atoms with E-state index in [1.807, 2.05) is 36.4 Å². The SMILES string of the molecule is O=C1NC(c2ccc3ccccc3c2)Sc2ccccc21. The van der Waals surface area contributed by atoms with Gasteiger partial charge in [-0.1, -0.05) is 60.3 Å². The van der Waals surface area contributed by atoms with Gasteiger partial charge < -0.3 is 5.32 Å². The number of hydrogen-bond donors (Lipinski definition) is 1. The van der Waals surface area contributed by atoms with Crippen molar-refractivity contribution in [3.63, 3.8) is 0 Å². The van der Waals surface area contributed by atoms with Crippen LogP contribution >= 0.6 is 11.8 Å². The van der Waals surface area contributed by atoms with Crippen molar-refractivity contribution in [2.45, 2.75) is 10.3 Å². The van der Waals surface area contributed by atoms with Gasteiger partial charge in [0.1, 0.15) is 5.37 Å². The second kappa shape index (κ2) is 4.93. The van der Waals surface area contributed by atoms with Gasteiger partial charge in [-0.15, -0.1) is 0 Å². The van der Waals surface area contributed by atoms with E-state index in [0.717, 1.165) is 16.0 Å². The lowest BCUT2D eigenvalue weighted by Gasteiger charge is -2.25. The highest BCUT2D eigenvalue weighted by atomic mass is 32.2. The van der Waals surface area contributed by atoms with Crippen molar-refractivity contribution in [2.75, 3.05) is 0 Å². The zero-order valence-corrected chi connectivity index (χ0v) is 12.1. The number of carbonyl (C=O) groups is 1. The molecule has 0 bridgehead atoms. The Balaban J connectivity index is 1.75. The van der Waals surface area contributed by atoms with Crippen LogP contribution in [0.1, 0.15) is 21.3 Å². The number of amides is 1. The van der Waals surface area contributed by atoms with E-state index >= 15 is 0 Å². The molecule has 1 heterocycles.